The maximum absolute atomic E-state index is 3.91. The van der Waals surface area contributed by atoms with Gasteiger partial charge in [0.1, 0.15) is 0 Å². The van der Waals surface area contributed by atoms with Gasteiger partial charge in [0.15, 0.2) is 0 Å². The third-order valence-corrected chi connectivity index (χ3v) is 2.35. The first-order valence-electron chi connectivity index (χ1n) is 4.46. The molecule has 0 rings (SSSR count). The van der Waals surface area contributed by atoms with Crippen LogP contribution in [-0.4, -0.2) is 0 Å². The van der Waals surface area contributed by atoms with Crippen molar-refractivity contribution < 1.29 is 0 Å². The SMILES string of the molecule is C=C(C)C(C)=CC(C)C(C)=CC. The monoisotopic (exact) mass is 164 g/mol. The Bertz CT molecular complexity index is 216. The van der Waals surface area contributed by atoms with Crippen molar-refractivity contribution in [3.8, 4) is 0 Å². The zero-order chi connectivity index (χ0) is 9.72. The molecule has 68 valence electrons. The van der Waals surface area contributed by atoms with E-state index < -0.39 is 0 Å². The third-order valence-electron chi connectivity index (χ3n) is 2.35. The molecule has 0 bridgehead atoms. The predicted molar refractivity (Wildman–Crippen MR) is 57.2 cm³/mol. The van der Waals surface area contributed by atoms with Gasteiger partial charge in [0.05, 0.1) is 0 Å². The minimum atomic E-state index is 0.534. The Kier molecular flexibility index (Phi) is 4.65. The van der Waals surface area contributed by atoms with Gasteiger partial charge in [-0.2, -0.15) is 0 Å². The van der Waals surface area contributed by atoms with Crippen LogP contribution in [0.5, 0.6) is 0 Å². The molecule has 0 nitrogen and oxygen atoms in total. The van der Waals surface area contributed by atoms with Crippen LogP contribution in [-0.2, 0) is 0 Å². The second-order valence-corrected chi connectivity index (χ2v) is 3.45. The zero-order valence-corrected chi connectivity index (χ0v) is 8.94. The molecular formula is C12H20. The highest BCUT2D eigenvalue weighted by Crippen LogP contribution is 2.16. The maximum atomic E-state index is 3.91. The standard InChI is InChI=1S/C12H20/c1-7-10(4)12(6)8-11(5)9(2)3/h7-8,12H,2H2,1,3-6H3. The van der Waals surface area contributed by atoms with Gasteiger partial charge in [0, 0.05) is 0 Å². The Morgan fingerprint density at radius 2 is 1.75 bits per heavy atom. The van der Waals surface area contributed by atoms with Gasteiger partial charge in [-0.15, -0.1) is 0 Å². The van der Waals surface area contributed by atoms with Crippen LogP contribution in [0, 0.1) is 5.92 Å². The molecule has 0 amide bonds. The first kappa shape index (κ1) is 11.2. The van der Waals surface area contributed by atoms with E-state index in [1.165, 1.54) is 11.1 Å². The lowest BCUT2D eigenvalue weighted by Crippen LogP contribution is -1.93. The van der Waals surface area contributed by atoms with E-state index in [2.05, 4.69) is 46.4 Å². The fourth-order valence-electron chi connectivity index (χ4n) is 0.912. The molecule has 0 aliphatic rings. The summed E-state index contributed by atoms with van der Waals surface area (Å²) in [5, 5.41) is 0. The van der Waals surface area contributed by atoms with Crippen LogP contribution in [0.2, 0.25) is 0 Å². The third kappa shape index (κ3) is 3.56. The van der Waals surface area contributed by atoms with Gasteiger partial charge in [-0.1, -0.05) is 42.4 Å². The Labute approximate surface area is 76.7 Å². The summed E-state index contributed by atoms with van der Waals surface area (Å²) < 4.78 is 0. The van der Waals surface area contributed by atoms with E-state index in [4.69, 9.17) is 0 Å². The molecule has 0 fully saturated rings. The lowest BCUT2D eigenvalue weighted by molar-refractivity contribution is 0.850. The van der Waals surface area contributed by atoms with Crippen molar-refractivity contribution in [1.82, 2.24) is 0 Å². The van der Waals surface area contributed by atoms with Crippen molar-refractivity contribution in [2.75, 3.05) is 0 Å². The Morgan fingerprint density at radius 1 is 1.25 bits per heavy atom. The fourth-order valence-corrected chi connectivity index (χ4v) is 0.912. The lowest BCUT2D eigenvalue weighted by Gasteiger charge is -2.08. The minimum Gasteiger partial charge on any atom is -0.0959 e. The molecule has 0 aromatic rings. The molecule has 0 spiro atoms. The van der Waals surface area contributed by atoms with Crippen LogP contribution >= 0.6 is 0 Å². The van der Waals surface area contributed by atoms with Gasteiger partial charge in [0.25, 0.3) is 0 Å². The lowest BCUT2D eigenvalue weighted by atomic mass is 9.98. The molecule has 0 aromatic heterocycles. The molecule has 0 aliphatic carbocycles. The van der Waals surface area contributed by atoms with Crippen LogP contribution in [0.4, 0.5) is 0 Å². The topological polar surface area (TPSA) is 0 Å². The van der Waals surface area contributed by atoms with E-state index in [0.717, 1.165) is 5.57 Å². The largest absolute Gasteiger partial charge is 0.0959 e. The molecule has 12 heavy (non-hydrogen) atoms. The Morgan fingerprint density at radius 3 is 2.08 bits per heavy atom. The van der Waals surface area contributed by atoms with E-state index in [-0.39, 0.29) is 0 Å². The Hall–Kier alpha value is -0.780. The molecule has 0 heterocycles. The van der Waals surface area contributed by atoms with Gasteiger partial charge in [-0.05, 0) is 33.6 Å². The molecule has 0 radical (unpaired) electrons. The molecule has 0 aliphatic heterocycles. The number of hydrogen-bond acceptors (Lipinski definition) is 0. The Balaban J connectivity index is 4.44. The summed E-state index contributed by atoms with van der Waals surface area (Å²) in [7, 11) is 0. The summed E-state index contributed by atoms with van der Waals surface area (Å²) in [6.07, 6.45) is 4.42. The number of rotatable bonds is 3. The van der Waals surface area contributed by atoms with E-state index >= 15 is 0 Å². The molecule has 0 saturated heterocycles. The summed E-state index contributed by atoms with van der Waals surface area (Å²) in [6, 6.07) is 0. The summed E-state index contributed by atoms with van der Waals surface area (Å²) in [5.41, 5.74) is 3.87. The molecule has 0 aromatic carbocycles. The zero-order valence-electron chi connectivity index (χ0n) is 8.94. The molecule has 0 heteroatoms. The van der Waals surface area contributed by atoms with Gasteiger partial charge < -0.3 is 0 Å². The van der Waals surface area contributed by atoms with Crippen LogP contribution in [0.25, 0.3) is 0 Å². The fraction of sp³-hybridized carbons (Fsp3) is 0.500. The highest BCUT2D eigenvalue weighted by atomic mass is 14.1. The van der Waals surface area contributed by atoms with Gasteiger partial charge in [-0.3, -0.25) is 0 Å². The van der Waals surface area contributed by atoms with Crippen LogP contribution in [0.1, 0.15) is 34.6 Å². The average Bonchev–Trinajstić information content (AvgIpc) is 2.02. The van der Waals surface area contributed by atoms with Crippen molar-refractivity contribution in [1.29, 1.82) is 0 Å². The van der Waals surface area contributed by atoms with Crippen molar-refractivity contribution in [2.24, 2.45) is 5.92 Å². The summed E-state index contributed by atoms with van der Waals surface area (Å²) in [6.45, 7) is 14.5. The second kappa shape index (κ2) is 4.97. The van der Waals surface area contributed by atoms with Crippen molar-refractivity contribution >= 4 is 0 Å². The maximum Gasteiger partial charge on any atom is -0.00487 e. The van der Waals surface area contributed by atoms with Crippen LogP contribution < -0.4 is 0 Å². The van der Waals surface area contributed by atoms with Gasteiger partial charge in [-0.25, -0.2) is 0 Å². The van der Waals surface area contributed by atoms with E-state index in [9.17, 15) is 0 Å². The minimum absolute atomic E-state index is 0.534. The van der Waals surface area contributed by atoms with E-state index in [0.29, 0.717) is 5.92 Å². The first-order valence-corrected chi connectivity index (χ1v) is 4.46. The van der Waals surface area contributed by atoms with Crippen molar-refractivity contribution in [3.63, 3.8) is 0 Å². The van der Waals surface area contributed by atoms with E-state index in [1.54, 1.807) is 0 Å². The quantitative estimate of drug-likeness (QED) is 0.435. The highest BCUT2D eigenvalue weighted by Gasteiger charge is 1.99. The van der Waals surface area contributed by atoms with Crippen LogP contribution in [0.15, 0.2) is 35.5 Å². The first-order chi connectivity index (χ1) is 5.49. The smallest absolute Gasteiger partial charge is 0.00487 e. The van der Waals surface area contributed by atoms with Gasteiger partial charge in [0.2, 0.25) is 0 Å². The molecule has 1 unspecified atom stereocenters. The van der Waals surface area contributed by atoms with Crippen LogP contribution in [0.3, 0.4) is 0 Å². The molecule has 0 N–H and O–H groups in total. The molecular weight excluding hydrogens is 144 g/mol. The molecule has 0 saturated carbocycles. The molecule has 1 atom stereocenters. The summed E-state index contributed by atoms with van der Waals surface area (Å²) >= 11 is 0. The number of hydrogen-bond donors (Lipinski definition) is 0. The normalized spacial score (nSPS) is 16.1. The second-order valence-electron chi connectivity index (χ2n) is 3.45. The van der Waals surface area contributed by atoms with Crippen molar-refractivity contribution in [2.45, 2.75) is 34.6 Å². The van der Waals surface area contributed by atoms with Crippen molar-refractivity contribution in [3.05, 3.63) is 35.5 Å². The predicted octanol–water partition coefficient (Wildman–Crippen LogP) is 4.11. The number of allylic oxidation sites excluding steroid dienone is 5. The van der Waals surface area contributed by atoms with E-state index in [1.807, 2.05) is 6.92 Å². The van der Waals surface area contributed by atoms with Gasteiger partial charge >= 0.3 is 0 Å². The highest BCUT2D eigenvalue weighted by molar-refractivity contribution is 5.26. The average molecular weight is 164 g/mol. The summed E-state index contributed by atoms with van der Waals surface area (Å²) in [4.78, 5) is 0. The summed E-state index contributed by atoms with van der Waals surface area (Å²) in [5.74, 6) is 0.534.